The van der Waals surface area contributed by atoms with Gasteiger partial charge in [0.05, 0.1) is 5.75 Å². The SMILES string of the molecule is CC(C)c1nc(SCC(=O)N2c3ccccc3CC[C@@H]2C)n[nH]1. The Hall–Kier alpha value is -1.82. The van der Waals surface area contributed by atoms with Crippen LogP contribution in [0, 0.1) is 0 Å². The molecule has 5 nitrogen and oxygen atoms in total. The molecule has 0 saturated heterocycles. The number of amides is 1. The molecular weight excluding hydrogens is 308 g/mol. The van der Waals surface area contributed by atoms with Gasteiger partial charge in [-0.15, -0.1) is 5.10 Å². The van der Waals surface area contributed by atoms with Gasteiger partial charge in [0.25, 0.3) is 0 Å². The quantitative estimate of drug-likeness (QED) is 0.873. The fraction of sp³-hybridized carbons (Fsp3) is 0.471. The molecular formula is C17H22N4OS. The zero-order valence-corrected chi connectivity index (χ0v) is 14.6. The zero-order valence-electron chi connectivity index (χ0n) is 13.7. The Morgan fingerprint density at radius 1 is 1.43 bits per heavy atom. The smallest absolute Gasteiger partial charge is 0.237 e. The minimum Gasteiger partial charge on any atom is -0.309 e. The molecule has 6 heteroatoms. The first kappa shape index (κ1) is 16.1. The Balaban J connectivity index is 1.70. The van der Waals surface area contributed by atoms with E-state index < -0.39 is 0 Å². The number of aromatic nitrogens is 3. The summed E-state index contributed by atoms with van der Waals surface area (Å²) in [7, 11) is 0. The summed E-state index contributed by atoms with van der Waals surface area (Å²) in [4.78, 5) is 19.1. The van der Waals surface area contributed by atoms with Crippen LogP contribution < -0.4 is 4.90 Å². The number of rotatable bonds is 4. The topological polar surface area (TPSA) is 61.9 Å². The first-order chi connectivity index (χ1) is 11.1. The van der Waals surface area contributed by atoms with Gasteiger partial charge in [0, 0.05) is 17.6 Å². The molecule has 1 aliphatic heterocycles. The van der Waals surface area contributed by atoms with Crippen LogP contribution in [-0.4, -0.2) is 32.9 Å². The van der Waals surface area contributed by atoms with Crippen LogP contribution in [0.1, 0.15) is 44.5 Å². The maximum atomic E-state index is 12.7. The second kappa shape index (κ2) is 6.74. The molecule has 2 heterocycles. The molecule has 2 aromatic rings. The van der Waals surface area contributed by atoms with Crippen LogP contribution in [-0.2, 0) is 11.2 Å². The number of fused-ring (bicyclic) bond motifs is 1. The summed E-state index contributed by atoms with van der Waals surface area (Å²) < 4.78 is 0. The minimum atomic E-state index is 0.116. The van der Waals surface area contributed by atoms with E-state index in [1.165, 1.54) is 17.3 Å². The summed E-state index contributed by atoms with van der Waals surface area (Å²) in [6.45, 7) is 6.24. The van der Waals surface area contributed by atoms with Crippen molar-refractivity contribution in [2.24, 2.45) is 0 Å². The summed E-state index contributed by atoms with van der Waals surface area (Å²) in [6.07, 6.45) is 2.04. The number of carbonyl (C=O) groups excluding carboxylic acids is 1. The van der Waals surface area contributed by atoms with E-state index in [1.54, 1.807) is 0 Å². The standard InChI is InChI=1S/C17H22N4OS/c1-11(2)16-18-17(20-19-16)23-10-15(22)21-12(3)8-9-13-6-4-5-7-14(13)21/h4-7,11-12H,8-10H2,1-3H3,(H,18,19,20)/t12-/m0/s1. The third-order valence-corrected chi connectivity index (χ3v) is 4.98. The molecule has 1 aliphatic rings. The molecule has 1 aromatic carbocycles. The van der Waals surface area contributed by atoms with E-state index in [2.05, 4.69) is 42.0 Å². The number of hydrogen-bond acceptors (Lipinski definition) is 4. The lowest BCUT2D eigenvalue weighted by Gasteiger charge is -2.35. The highest BCUT2D eigenvalue weighted by atomic mass is 32.2. The molecule has 0 fully saturated rings. The Morgan fingerprint density at radius 2 is 2.22 bits per heavy atom. The summed E-state index contributed by atoms with van der Waals surface area (Å²) in [5.41, 5.74) is 2.30. The number of carbonyl (C=O) groups is 1. The molecule has 0 radical (unpaired) electrons. The first-order valence-electron chi connectivity index (χ1n) is 8.01. The first-order valence-corrected chi connectivity index (χ1v) is 9.00. The van der Waals surface area contributed by atoms with Crippen molar-refractivity contribution in [3.63, 3.8) is 0 Å². The Bertz CT molecular complexity index is 697. The molecule has 3 rings (SSSR count). The average Bonchev–Trinajstić information content (AvgIpc) is 3.02. The van der Waals surface area contributed by atoms with Gasteiger partial charge in [0.15, 0.2) is 0 Å². The van der Waals surface area contributed by atoms with Crippen LogP contribution in [0.2, 0.25) is 0 Å². The van der Waals surface area contributed by atoms with Gasteiger partial charge in [-0.25, -0.2) is 4.98 Å². The highest BCUT2D eigenvalue weighted by Gasteiger charge is 2.28. The molecule has 1 aromatic heterocycles. The Labute approximate surface area is 140 Å². The van der Waals surface area contributed by atoms with E-state index in [-0.39, 0.29) is 11.9 Å². The van der Waals surface area contributed by atoms with Gasteiger partial charge in [0.1, 0.15) is 5.82 Å². The van der Waals surface area contributed by atoms with Gasteiger partial charge in [-0.3, -0.25) is 9.89 Å². The van der Waals surface area contributed by atoms with Crippen LogP contribution in [0.3, 0.4) is 0 Å². The molecule has 1 N–H and O–H groups in total. The van der Waals surface area contributed by atoms with Gasteiger partial charge < -0.3 is 4.90 Å². The summed E-state index contributed by atoms with van der Waals surface area (Å²) >= 11 is 1.39. The van der Waals surface area contributed by atoms with Crippen LogP contribution in [0.4, 0.5) is 5.69 Å². The number of nitrogens with one attached hydrogen (secondary N) is 1. The molecule has 0 spiro atoms. The van der Waals surface area contributed by atoms with Gasteiger partial charge in [-0.05, 0) is 31.4 Å². The van der Waals surface area contributed by atoms with Crippen molar-refractivity contribution >= 4 is 23.4 Å². The fourth-order valence-electron chi connectivity index (χ4n) is 2.85. The molecule has 0 bridgehead atoms. The maximum absolute atomic E-state index is 12.7. The second-order valence-electron chi connectivity index (χ2n) is 6.23. The highest BCUT2D eigenvalue weighted by Crippen LogP contribution is 2.31. The maximum Gasteiger partial charge on any atom is 0.237 e. The van der Waals surface area contributed by atoms with Crippen molar-refractivity contribution in [3.05, 3.63) is 35.7 Å². The molecule has 1 amide bonds. The lowest BCUT2D eigenvalue weighted by atomic mass is 9.97. The van der Waals surface area contributed by atoms with Crippen molar-refractivity contribution < 1.29 is 4.79 Å². The molecule has 122 valence electrons. The molecule has 1 atom stereocenters. The Kier molecular flexibility index (Phi) is 4.71. The van der Waals surface area contributed by atoms with E-state index in [0.717, 1.165) is 24.4 Å². The average molecular weight is 330 g/mol. The number of H-pyrrole nitrogens is 1. The number of thioether (sulfide) groups is 1. The number of aryl methyl sites for hydroxylation is 1. The van der Waals surface area contributed by atoms with E-state index in [0.29, 0.717) is 16.8 Å². The number of benzene rings is 1. The van der Waals surface area contributed by atoms with Crippen LogP contribution in [0.25, 0.3) is 0 Å². The van der Waals surface area contributed by atoms with Gasteiger partial charge in [0.2, 0.25) is 11.1 Å². The summed E-state index contributed by atoms with van der Waals surface area (Å²) in [5, 5.41) is 7.74. The second-order valence-corrected chi connectivity index (χ2v) is 7.17. The number of aromatic amines is 1. The monoisotopic (exact) mass is 330 g/mol. The van der Waals surface area contributed by atoms with E-state index in [1.807, 2.05) is 23.1 Å². The Morgan fingerprint density at radius 3 is 2.96 bits per heavy atom. The number of nitrogens with zero attached hydrogens (tertiary/aromatic N) is 3. The normalized spacial score (nSPS) is 17.4. The van der Waals surface area contributed by atoms with Crippen molar-refractivity contribution in [3.8, 4) is 0 Å². The van der Waals surface area contributed by atoms with Crippen molar-refractivity contribution in [2.45, 2.75) is 50.7 Å². The molecule has 23 heavy (non-hydrogen) atoms. The minimum absolute atomic E-state index is 0.116. The predicted octanol–water partition coefficient (Wildman–Crippen LogP) is 3.39. The van der Waals surface area contributed by atoms with Crippen molar-refractivity contribution in [2.75, 3.05) is 10.7 Å². The third-order valence-electron chi connectivity index (χ3n) is 4.15. The van der Waals surface area contributed by atoms with Crippen LogP contribution >= 0.6 is 11.8 Å². The van der Waals surface area contributed by atoms with Crippen molar-refractivity contribution in [1.82, 2.24) is 15.2 Å². The van der Waals surface area contributed by atoms with Gasteiger partial charge >= 0.3 is 0 Å². The lowest BCUT2D eigenvalue weighted by molar-refractivity contribution is -0.116. The van der Waals surface area contributed by atoms with E-state index in [9.17, 15) is 4.79 Å². The predicted molar refractivity (Wildman–Crippen MR) is 92.9 cm³/mol. The third kappa shape index (κ3) is 3.42. The number of para-hydroxylation sites is 1. The van der Waals surface area contributed by atoms with E-state index in [4.69, 9.17) is 0 Å². The van der Waals surface area contributed by atoms with Gasteiger partial charge in [-0.2, -0.15) is 0 Å². The molecule has 0 unspecified atom stereocenters. The number of anilines is 1. The fourth-order valence-corrected chi connectivity index (χ4v) is 3.51. The largest absolute Gasteiger partial charge is 0.309 e. The molecule has 0 aliphatic carbocycles. The van der Waals surface area contributed by atoms with Gasteiger partial charge in [-0.1, -0.05) is 43.8 Å². The summed E-state index contributed by atoms with van der Waals surface area (Å²) in [6, 6.07) is 8.41. The van der Waals surface area contributed by atoms with Crippen LogP contribution in [0.5, 0.6) is 0 Å². The zero-order chi connectivity index (χ0) is 16.4. The highest BCUT2D eigenvalue weighted by molar-refractivity contribution is 7.99. The lowest BCUT2D eigenvalue weighted by Crippen LogP contribution is -2.43. The number of hydrogen-bond donors (Lipinski definition) is 1. The summed E-state index contributed by atoms with van der Waals surface area (Å²) in [5.74, 6) is 1.64. The van der Waals surface area contributed by atoms with Crippen molar-refractivity contribution in [1.29, 1.82) is 0 Å². The molecule has 0 saturated carbocycles. The van der Waals surface area contributed by atoms with E-state index >= 15 is 0 Å². The van der Waals surface area contributed by atoms with Crippen LogP contribution in [0.15, 0.2) is 29.4 Å².